The maximum atomic E-state index is 11.7. The van der Waals surface area contributed by atoms with Crippen LogP contribution < -0.4 is 10.6 Å². The fraction of sp³-hybridized carbons (Fsp3) is 0.417. The van der Waals surface area contributed by atoms with Gasteiger partial charge < -0.3 is 15.4 Å². The van der Waals surface area contributed by atoms with Gasteiger partial charge in [-0.05, 0) is 18.6 Å². The number of nitrogens with one attached hydrogen (secondary N) is 1. The second-order valence-corrected chi connectivity index (χ2v) is 4.66. The number of aryl methyl sites for hydroxylation is 1. The number of methoxy groups -OCH3 is 1. The molecule has 1 aromatic rings. The van der Waals surface area contributed by atoms with Crippen molar-refractivity contribution in [3.05, 3.63) is 27.7 Å². The molecule has 0 spiro atoms. The number of halogens is 2. The Labute approximate surface area is 117 Å². The summed E-state index contributed by atoms with van der Waals surface area (Å²) >= 11 is 12.1. The van der Waals surface area contributed by atoms with E-state index in [0.717, 1.165) is 12.1 Å². The number of ether oxygens (including phenoxy) is 1. The third kappa shape index (κ3) is 4.46. The largest absolute Gasteiger partial charge is 0.379 e. The Morgan fingerprint density at radius 2 is 2.17 bits per heavy atom. The second-order valence-electron chi connectivity index (χ2n) is 3.88. The molecule has 0 aliphatic rings. The van der Waals surface area contributed by atoms with Crippen molar-refractivity contribution in [2.24, 2.45) is 0 Å². The first-order chi connectivity index (χ1) is 8.56. The van der Waals surface area contributed by atoms with Crippen LogP contribution in [-0.2, 0) is 9.53 Å². The highest BCUT2D eigenvalue weighted by molar-refractivity contribution is 6.40. The summed E-state index contributed by atoms with van der Waals surface area (Å²) in [6.45, 7) is 3.52. The van der Waals surface area contributed by atoms with Crippen molar-refractivity contribution in [2.75, 3.05) is 32.1 Å². The van der Waals surface area contributed by atoms with E-state index < -0.39 is 0 Å². The van der Waals surface area contributed by atoms with Crippen molar-refractivity contribution < 1.29 is 14.8 Å². The van der Waals surface area contributed by atoms with E-state index in [0.29, 0.717) is 28.9 Å². The molecule has 100 valence electrons. The topological polar surface area (TPSA) is 54.9 Å². The molecular weight excluding hydrogens is 275 g/mol. The van der Waals surface area contributed by atoms with Gasteiger partial charge in [-0.25, -0.2) is 0 Å². The number of carbonyl (C=O) groups excluding carboxylic acids is 1. The lowest BCUT2D eigenvalue weighted by molar-refractivity contribution is -0.645. The van der Waals surface area contributed by atoms with Crippen LogP contribution in [0.4, 0.5) is 5.69 Å². The van der Waals surface area contributed by atoms with Crippen molar-refractivity contribution in [2.45, 2.75) is 6.92 Å². The predicted molar refractivity (Wildman–Crippen MR) is 73.4 cm³/mol. The highest BCUT2D eigenvalue weighted by Gasteiger charge is 2.12. The molecule has 0 aliphatic carbocycles. The molecule has 1 amide bonds. The van der Waals surface area contributed by atoms with E-state index in [4.69, 9.17) is 27.9 Å². The number of amides is 1. The van der Waals surface area contributed by atoms with Crippen LogP contribution in [-0.4, -0.2) is 32.7 Å². The minimum Gasteiger partial charge on any atom is -0.379 e. The van der Waals surface area contributed by atoms with Gasteiger partial charge in [-0.1, -0.05) is 29.3 Å². The summed E-state index contributed by atoms with van der Waals surface area (Å²) in [4.78, 5) is 11.7. The first-order valence-electron chi connectivity index (χ1n) is 5.61. The van der Waals surface area contributed by atoms with Crippen LogP contribution in [0.25, 0.3) is 0 Å². The average molecular weight is 292 g/mol. The number of nitrogens with two attached hydrogens (primary N) is 1. The molecular formula is C12H17Cl2N2O2+. The SMILES string of the molecule is COCC[NH2+]CC(=O)Nc1c(Cl)ccc(C)c1Cl. The van der Waals surface area contributed by atoms with Gasteiger partial charge in [-0.2, -0.15) is 0 Å². The van der Waals surface area contributed by atoms with Crippen molar-refractivity contribution in [1.29, 1.82) is 0 Å². The number of quaternary nitrogens is 1. The average Bonchev–Trinajstić information content (AvgIpc) is 2.35. The Balaban J connectivity index is 2.57. The van der Waals surface area contributed by atoms with Crippen LogP contribution >= 0.6 is 23.2 Å². The zero-order chi connectivity index (χ0) is 13.5. The van der Waals surface area contributed by atoms with Gasteiger partial charge in [-0.3, -0.25) is 4.79 Å². The Hall–Kier alpha value is -0.810. The minimum atomic E-state index is -0.138. The van der Waals surface area contributed by atoms with Gasteiger partial charge in [0.05, 0.1) is 28.9 Å². The summed E-state index contributed by atoms with van der Waals surface area (Å²) in [5, 5.41) is 5.50. The molecule has 1 aromatic carbocycles. The number of hydrogen-bond donors (Lipinski definition) is 2. The Morgan fingerprint density at radius 3 is 2.83 bits per heavy atom. The maximum absolute atomic E-state index is 11.7. The van der Waals surface area contributed by atoms with Crippen molar-refractivity contribution in [3.8, 4) is 0 Å². The highest BCUT2D eigenvalue weighted by atomic mass is 35.5. The smallest absolute Gasteiger partial charge is 0.279 e. The molecule has 3 N–H and O–H groups in total. The summed E-state index contributed by atoms with van der Waals surface area (Å²) in [5.74, 6) is -0.138. The van der Waals surface area contributed by atoms with E-state index in [-0.39, 0.29) is 5.91 Å². The van der Waals surface area contributed by atoms with E-state index in [2.05, 4.69) is 5.32 Å². The lowest BCUT2D eigenvalue weighted by Gasteiger charge is -2.10. The second kappa shape index (κ2) is 7.59. The summed E-state index contributed by atoms with van der Waals surface area (Å²) in [5.41, 5.74) is 1.35. The Kier molecular flexibility index (Phi) is 6.43. The van der Waals surface area contributed by atoms with E-state index in [1.807, 2.05) is 18.3 Å². The van der Waals surface area contributed by atoms with E-state index >= 15 is 0 Å². The molecule has 6 heteroatoms. The lowest BCUT2D eigenvalue weighted by atomic mass is 10.2. The standard InChI is InChI=1S/C12H16Cl2N2O2/c1-8-3-4-9(13)12(11(8)14)16-10(17)7-15-5-6-18-2/h3-4,15H,5-7H2,1-2H3,(H,16,17)/p+1. The first-order valence-corrected chi connectivity index (χ1v) is 6.37. The fourth-order valence-electron chi connectivity index (χ4n) is 1.40. The number of carbonyl (C=O) groups is 1. The third-order valence-electron chi connectivity index (χ3n) is 2.40. The van der Waals surface area contributed by atoms with Crippen LogP contribution in [0, 0.1) is 6.92 Å². The quantitative estimate of drug-likeness (QED) is 0.780. The van der Waals surface area contributed by atoms with Gasteiger partial charge in [0.1, 0.15) is 0 Å². The van der Waals surface area contributed by atoms with Crippen molar-refractivity contribution in [3.63, 3.8) is 0 Å². The molecule has 4 nitrogen and oxygen atoms in total. The Morgan fingerprint density at radius 1 is 1.44 bits per heavy atom. The molecule has 0 atom stereocenters. The predicted octanol–water partition coefficient (Wildman–Crippen LogP) is 1.45. The van der Waals surface area contributed by atoms with Crippen LogP contribution in [0.2, 0.25) is 10.0 Å². The van der Waals surface area contributed by atoms with Gasteiger partial charge in [0.2, 0.25) is 0 Å². The summed E-state index contributed by atoms with van der Waals surface area (Å²) in [6.07, 6.45) is 0. The van der Waals surface area contributed by atoms with Gasteiger partial charge in [-0.15, -0.1) is 0 Å². The molecule has 0 radical (unpaired) electrons. The van der Waals surface area contributed by atoms with E-state index in [1.165, 1.54) is 0 Å². The normalized spacial score (nSPS) is 10.4. The zero-order valence-electron chi connectivity index (χ0n) is 10.4. The van der Waals surface area contributed by atoms with E-state index in [1.54, 1.807) is 13.2 Å². The highest BCUT2D eigenvalue weighted by Crippen LogP contribution is 2.32. The monoisotopic (exact) mass is 291 g/mol. The lowest BCUT2D eigenvalue weighted by Crippen LogP contribution is -2.87. The number of benzene rings is 1. The maximum Gasteiger partial charge on any atom is 0.279 e. The molecule has 1 rings (SSSR count). The number of hydrogen-bond acceptors (Lipinski definition) is 2. The first kappa shape index (κ1) is 15.2. The van der Waals surface area contributed by atoms with Gasteiger partial charge in [0.15, 0.2) is 6.54 Å². The van der Waals surface area contributed by atoms with Gasteiger partial charge in [0, 0.05) is 7.11 Å². The minimum absolute atomic E-state index is 0.138. The zero-order valence-corrected chi connectivity index (χ0v) is 11.9. The molecule has 0 bridgehead atoms. The van der Waals surface area contributed by atoms with Gasteiger partial charge in [0.25, 0.3) is 5.91 Å². The summed E-state index contributed by atoms with van der Waals surface area (Å²) in [7, 11) is 1.63. The fourth-order valence-corrected chi connectivity index (χ4v) is 1.86. The molecule has 0 saturated heterocycles. The molecule has 0 fully saturated rings. The molecule has 0 heterocycles. The third-order valence-corrected chi connectivity index (χ3v) is 3.21. The van der Waals surface area contributed by atoms with Crippen LogP contribution in [0.15, 0.2) is 12.1 Å². The molecule has 0 aliphatic heterocycles. The molecule has 18 heavy (non-hydrogen) atoms. The molecule has 0 saturated carbocycles. The summed E-state index contributed by atoms with van der Waals surface area (Å²) in [6, 6.07) is 3.53. The summed E-state index contributed by atoms with van der Waals surface area (Å²) < 4.78 is 4.89. The number of rotatable bonds is 6. The van der Waals surface area contributed by atoms with Crippen LogP contribution in [0.1, 0.15) is 5.56 Å². The number of anilines is 1. The Bertz CT molecular complexity index is 425. The molecule has 0 aromatic heterocycles. The van der Waals surface area contributed by atoms with Gasteiger partial charge >= 0.3 is 0 Å². The van der Waals surface area contributed by atoms with Crippen LogP contribution in [0.5, 0.6) is 0 Å². The van der Waals surface area contributed by atoms with Crippen molar-refractivity contribution >= 4 is 34.8 Å². The van der Waals surface area contributed by atoms with Crippen LogP contribution in [0.3, 0.4) is 0 Å². The van der Waals surface area contributed by atoms with E-state index in [9.17, 15) is 4.79 Å². The molecule has 0 unspecified atom stereocenters. The van der Waals surface area contributed by atoms with Crippen molar-refractivity contribution in [1.82, 2.24) is 0 Å².